The van der Waals surface area contributed by atoms with Crippen LogP contribution in [0, 0.1) is 5.82 Å². The first-order valence-electron chi connectivity index (χ1n) is 10.7. The monoisotopic (exact) mass is 435 g/mol. The molecule has 1 saturated carbocycles. The van der Waals surface area contributed by atoms with Crippen LogP contribution in [-0.4, -0.2) is 62.4 Å². The van der Waals surface area contributed by atoms with Crippen molar-refractivity contribution in [1.29, 1.82) is 0 Å². The fourth-order valence-corrected chi connectivity index (χ4v) is 3.81. The molecule has 5 rings (SSSR count). The van der Waals surface area contributed by atoms with E-state index in [4.69, 9.17) is 5.73 Å². The molecule has 0 aliphatic heterocycles. The summed E-state index contributed by atoms with van der Waals surface area (Å²) in [7, 11) is 4.00. The van der Waals surface area contributed by atoms with E-state index in [9.17, 15) is 4.39 Å². The van der Waals surface area contributed by atoms with Crippen molar-refractivity contribution in [2.45, 2.75) is 25.3 Å². The highest BCUT2D eigenvalue weighted by atomic mass is 19.1. The molecule has 9 nitrogen and oxygen atoms in total. The van der Waals surface area contributed by atoms with Gasteiger partial charge in [0.15, 0.2) is 0 Å². The van der Waals surface area contributed by atoms with Gasteiger partial charge in [0.05, 0.1) is 23.0 Å². The minimum absolute atomic E-state index is 0.315. The lowest BCUT2D eigenvalue weighted by Gasteiger charge is -2.25. The number of hydrogen-bond acceptors (Lipinski definition) is 7. The van der Waals surface area contributed by atoms with Gasteiger partial charge in [0.25, 0.3) is 0 Å². The minimum atomic E-state index is -0.315. The third-order valence-electron chi connectivity index (χ3n) is 5.77. The summed E-state index contributed by atoms with van der Waals surface area (Å²) in [6.45, 7) is 1.85. The van der Waals surface area contributed by atoms with Gasteiger partial charge in [0.2, 0.25) is 5.95 Å². The maximum atomic E-state index is 14.2. The van der Waals surface area contributed by atoms with Crippen LogP contribution < -0.4 is 10.6 Å². The van der Waals surface area contributed by atoms with Crippen molar-refractivity contribution in [2.24, 2.45) is 0 Å². The molecule has 0 amide bonds. The Balaban J connectivity index is 1.45. The predicted molar refractivity (Wildman–Crippen MR) is 122 cm³/mol. The molecule has 1 aromatic carbocycles. The van der Waals surface area contributed by atoms with E-state index in [1.54, 1.807) is 12.4 Å². The van der Waals surface area contributed by atoms with Crippen molar-refractivity contribution < 1.29 is 4.39 Å². The maximum absolute atomic E-state index is 14.2. The summed E-state index contributed by atoms with van der Waals surface area (Å²) in [5.74, 6) is 1.12. The van der Waals surface area contributed by atoms with Crippen LogP contribution in [0.4, 0.5) is 16.2 Å². The van der Waals surface area contributed by atoms with Crippen LogP contribution in [0.15, 0.2) is 30.6 Å². The maximum Gasteiger partial charge on any atom is 0.227 e. The minimum Gasteiger partial charge on any atom is -0.383 e. The lowest BCUT2D eigenvalue weighted by atomic mass is 10.1. The topological polar surface area (TPSA) is 116 Å². The first-order valence-corrected chi connectivity index (χ1v) is 10.7. The van der Waals surface area contributed by atoms with Gasteiger partial charge >= 0.3 is 0 Å². The molecule has 4 N–H and O–H groups in total. The Morgan fingerprint density at radius 3 is 2.72 bits per heavy atom. The number of nitrogens with zero attached hydrogens (tertiary/aromatic N) is 6. The molecule has 0 bridgehead atoms. The van der Waals surface area contributed by atoms with Gasteiger partial charge in [-0.25, -0.2) is 9.37 Å². The number of anilines is 2. The first kappa shape index (κ1) is 20.4. The Morgan fingerprint density at radius 1 is 1.12 bits per heavy atom. The third-order valence-corrected chi connectivity index (χ3v) is 5.77. The largest absolute Gasteiger partial charge is 0.383 e. The molecule has 3 aromatic heterocycles. The fraction of sp³-hybridized carbons (Fsp3) is 0.364. The summed E-state index contributed by atoms with van der Waals surface area (Å²) in [5, 5.41) is 15.2. The SMILES string of the molecule is CN(C)CCN(Cc1cc(F)cc2[nH]ncc12)c1ncc(-c2cc(C3CC3)[nH]n2)c(N)n1. The van der Waals surface area contributed by atoms with E-state index in [0.717, 1.165) is 28.9 Å². The van der Waals surface area contributed by atoms with Gasteiger partial charge in [-0.1, -0.05) is 0 Å². The van der Waals surface area contributed by atoms with Gasteiger partial charge in [0, 0.05) is 42.8 Å². The quantitative estimate of drug-likeness (QED) is 0.390. The molecule has 3 heterocycles. The zero-order valence-electron chi connectivity index (χ0n) is 18.1. The molecule has 166 valence electrons. The normalized spacial score (nSPS) is 13.9. The summed E-state index contributed by atoms with van der Waals surface area (Å²) in [6, 6.07) is 5.00. The molecule has 0 radical (unpaired) electrons. The van der Waals surface area contributed by atoms with Crippen LogP contribution in [0.2, 0.25) is 0 Å². The van der Waals surface area contributed by atoms with Gasteiger partial charge in [0.1, 0.15) is 11.6 Å². The molecular formula is C22H26FN9. The number of benzene rings is 1. The molecule has 0 atom stereocenters. The van der Waals surface area contributed by atoms with Crippen LogP contribution in [0.3, 0.4) is 0 Å². The first-order chi connectivity index (χ1) is 15.5. The average Bonchev–Trinajstić information content (AvgIpc) is 3.29. The molecule has 10 heteroatoms. The van der Waals surface area contributed by atoms with E-state index in [1.807, 2.05) is 25.1 Å². The van der Waals surface area contributed by atoms with Crippen LogP contribution in [-0.2, 0) is 6.54 Å². The van der Waals surface area contributed by atoms with Crippen molar-refractivity contribution in [3.63, 3.8) is 0 Å². The van der Waals surface area contributed by atoms with Crippen LogP contribution >= 0.6 is 0 Å². The van der Waals surface area contributed by atoms with E-state index in [1.165, 1.54) is 25.0 Å². The fourth-order valence-electron chi connectivity index (χ4n) is 3.81. The van der Waals surface area contributed by atoms with Gasteiger partial charge in [-0.15, -0.1) is 0 Å². The Bertz CT molecular complexity index is 1240. The number of nitrogens with two attached hydrogens (primary N) is 1. The standard InChI is InChI=1S/C22H26FN9/c1-31(2)5-6-32(12-14-7-15(23)8-19-16(14)11-26-28-19)22-25-10-17(21(24)27-22)20-9-18(29-30-20)13-3-4-13/h7-11,13H,3-6,12H2,1-2H3,(H,26,28)(H,29,30)(H2,24,25,27). The second kappa shape index (κ2) is 8.19. The number of nitrogen functional groups attached to an aromatic ring is 1. The van der Waals surface area contributed by atoms with Crippen molar-refractivity contribution in [3.8, 4) is 11.3 Å². The highest BCUT2D eigenvalue weighted by Crippen LogP contribution is 2.40. The van der Waals surface area contributed by atoms with E-state index >= 15 is 0 Å². The molecule has 4 aromatic rings. The molecule has 0 unspecified atom stereocenters. The van der Waals surface area contributed by atoms with E-state index < -0.39 is 0 Å². The zero-order chi connectivity index (χ0) is 22.2. The second-order valence-electron chi connectivity index (χ2n) is 8.57. The Hall–Kier alpha value is -3.53. The van der Waals surface area contributed by atoms with Crippen molar-refractivity contribution in [1.82, 2.24) is 35.3 Å². The summed E-state index contributed by atoms with van der Waals surface area (Å²) >= 11 is 0. The van der Waals surface area contributed by atoms with Gasteiger partial charge in [-0.2, -0.15) is 15.2 Å². The Labute approximate surface area is 184 Å². The molecule has 1 aliphatic carbocycles. The Morgan fingerprint density at radius 2 is 1.97 bits per heavy atom. The highest BCUT2D eigenvalue weighted by molar-refractivity contribution is 5.82. The van der Waals surface area contributed by atoms with Crippen LogP contribution in [0.1, 0.15) is 30.0 Å². The summed E-state index contributed by atoms with van der Waals surface area (Å²) in [4.78, 5) is 13.3. The smallest absolute Gasteiger partial charge is 0.227 e. The molecule has 0 spiro atoms. The molecular weight excluding hydrogens is 409 g/mol. The summed E-state index contributed by atoms with van der Waals surface area (Å²) in [5.41, 5.74) is 10.4. The Kier molecular flexibility index (Phi) is 5.22. The van der Waals surface area contributed by atoms with Crippen LogP contribution in [0.25, 0.3) is 22.2 Å². The van der Waals surface area contributed by atoms with Gasteiger partial charge < -0.3 is 15.5 Å². The number of hydrogen-bond donors (Lipinski definition) is 3. The van der Waals surface area contributed by atoms with Gasteiger partial charge in [-0.05, 0) is 50.7 Å². The van der Waals surface area contributed by atoms with Gasteiger partial charge in [-0.3, -0.25) is 10.2 Å². The molecule has 0 saturated heterocycles. The van der Waals surface area contributed by atoms with E-state index in [-0.39, 0.29) is 5.82 Å². The number of aromatic nitrogens is 6. The number of rotatable bonds is 8. The van der Waals surface area contributed by atoms with E-state index in [2.05, 4.69) is 35.3 Å². The lowest BCUT2D eigenvalue weighted by Crippen LogP contribution is -2.32. The number of H-pyrrole nitrogens is 2. The number of aromatic amines is 2. The van der Waals surface area contributed by atoms with Crippen molar-refractivity contribution in [2.75, 3.05) is 37.8 Å². The zero-order valence-corrected chi connectivity index (χ0v) is 18.1. The number of likely N-dealkylation sites (N-methyl/N-ethyl adjacent to an activating group) is 1. The van der Waals surface area contributed by atoms with Crippen LogP contribution in [0.5, 0.6) is 0 Å². The molecule has 1 fully saturated rings. The third kappa shape index (κ3) is 4.13. The van der Waals surface area contributed by atoms with E-state index in [0.29, 0.717) is 41.9 Å². The predicted octanol–water partition coefficient (Wildman–Crippen LogP) is 2.91. The van der Waals surface area contributed by atoms with Crippen molar-refractivity contribution in [3.05, 3.63) is 47.7 Å². The highest BCUT2D eigenvalue weighted by Gasteiger charge is 2.26. The molecule has 32 heavy (non-hydrogen) atoms. The molecule has 1 aliphatic rings. The lowest BCUT2D eigenvalue weighted by molar-refractivity contribution is 0.411. The summed E-state index contributed by atoms with van der Waals surface area (Å²) < 4.78 is 14.2. The second-order valence-corrected chi connectivity index (χ2v) is 8.57. The average molecular weight is 436 g/mol. The number of nitrogens with one attached hydrogen (secondary N) is 2. The number of halogens is 1. The van der Waals surface area contributed by atoms with Crippen molar-refractivity contribution >= 4 is 22.7 Å². The summed E-state index contributed by atoms with van der Waals surface area (Å²) in [6.07, 6.45) is 5.81. The number of fused-ring (bicyclic) bond motifs is 1.